The molecule has 0 aromatic heterocycles. The minimum absolute atomic E-state index is 0.115. The molecule has 0 amide bonds. The van der Waals surface area contributed by atoms with Crippen LogP contribution in [0, 0.1) is 10.1 Å². The number of benzene rings is 3. The maximum absolute atomic E-state index is 12.1. The second-order valence-corrected chi connectivity index (χ2v) is 5.96. The molecule has 0 bridgehead atoms. The van der Waals surface area contributed by atoms with E-state index >= 15 is 0 Å². The van der Waals surface area contributed by atoms with Gasteiger partial charge in [-0.1, -0.05) is 60.7 Å². The van der Waals surface area contributed by atoms with Gasteiger partial charge in [-0.05, 0) is 29.3 Å². The minimum Gasteiger partial charge on any atom is -0.768 e. The highest BCUT2D eigenvalue weighted by atomic mass is 32.2. The Morgan fingerprint density at radius 1 is 0.808 bits per heavy atom. The monoisotopic (exact) mass is 368 g/mol. The Hall–Kier alpha value is -3.16. The molecule has 0 N–H and O–H groups in total. The number of hydrogen-bond donors (Lipinski definition) is 0. The molecule has 7 heteroatoms. The zero-order chi connectivity index (χ0) is 18.9. The van der Waals surface area contributed by atoms with Crippen LogP contribution in [0.2, 0.25) is 0 Å². The highest BCUT2D eigenvalue weighted by Gasteiger charge is 2.19. The lowest BCUT2D eigenvalue weighted by atomic mass is 10.0. The van der Waals surface area contributed by atoms with E-state index in [0.717, 1.165) is 0 Å². The van der Waals surface area contributed by atoms with E-state index in [4.69, 9.17) is 0 Å². The molecular formula is C19H14NO5S-. The number of nitro benzene ring substituents is 1. The maximum Gasteiger partial charge on any atom is 0.280 e. The van der Waals surface area contributed by atoms with Crippen LogP contribution in [0.1, 0.15) is 15.9 Å². The van der Waals surface area contributed by atoms with Gasteiger partial charge >= 0.3 is 0 Å². The van der Waals surface area contributed by atoms with Gasteiger partial charge in [0.1, 0.15) is 5.56 Å². The predicted molar refractivity (Wildman–Crippen MR) is 96.6 cm³/mol. The molecule has 3 rings (SSSR count). The first-order chi connectivity index (χ1) is 12.5. The summed E-state index contributed by atoms with van der Waals surface area (Å²) in [6.45, 7) is 0. The van der Waals surface area contributed by atoms with Gasteiger partial charge in [0, 0.05) is 16.5 Å². The molecule has 3 aromatic rings. The third-order valence-electron chi connectivity index (χ3n) is 3.32. The first-order valence-corrected chi connectivity index (χ1v) is 8.55. The Labute approximate surface area is 152 Å². The Morgan fingerprint density at radius 3 is 1.81 bits per heavy atom. The normalized spacial score (nSPS) is 11.0. The zero-order valence-electron chi connectivity index (χ0n) is 13.5. The molecule has 6 nitrogen and oxygen atoms in total. The fourth-order valence-corrected chi connectivity index (χ4v) is 2.48. The molecule has 0 heterocycles. The molecule has 0 saturated carbocycles. The quantitative estimate of drug-likeness (QED) is 0.302. The summed E-state index contributed by atoms with van der Waals surface area (Å²) in [5, 5.41) is 10.8. The van der Waals surface area contributed by atoms with Crippen molar-refractivity contribution in [2.24, 2.45) is 0 Å². The Balaban J connectivity index is 0.000000228. The number of nitrogens with zero attached hydrogens (tertiary/aromatic N) is 1. The SMILES string of the molecule is O=C(c1ccccc1)c1ccccc1[N+](=O)[O-].O=S([O-])c1ccccc1. The largest absolute Gasteiger partial charge is 0.768 e. The Kier molecular flexibility index (Phi) is 6.90. The molecule has 0 aliphatic rings. The van der Waals surface area contributed by atoms with Crippen molar-refractivity contribution in [3.8, 4) is 0 Å². The summed E-state index contributed by atoms with van der Waals surface area (Å²) in [5.41, 5.74) is 0.395. The molecule has 1 atom stereocenters. The lowest BCUT2D eigenvalue weighted by Gasteiger charge is -2.01. The number of carbonyl (C=O) groups is 1. The van der Waals surface area contributed by atoms with Crippen molar-refractivity contribution in [3.05, 3.63) is 106 Å². The molecule has 0 aliphatic heterocycles. The van der Waals surface area contributed by atoms with Crippen molar-refractivity contribution in [1.82, 2.24) is 0 Å². The van der Waals surface area contributed by atoms with Crippen LogP contribution < -0.4 is 0 Å². The predicted octanol–water partition coefficient (Wildman–Crippen LogP) is 3.75. The summed E-state index contributed by atoms with van der Waals surface area (Å²) in [6.07, 6.45) is 0. The first kappa shape index (κ1) is 19.2. The van der Waals surface area contributed by atoms with Crippen molar-refractivity contribution in [1.29, 1.82) is 0 Å². The van der Waals surface area contributed by atoms with Gasteiger partial charge in [-0.3, -0.25) is 19.1 Å². The van der Waals surface area contributed by atoms with E-state index in [9.17, 15) is 23.7 Å². The van der Waals surface area contributed by atoms with Crippen LogP contribution in [0.3, 0.4) is 0 Å². The van der Waals surface area contributed by atoms with E-state index in [0.29, 0.717) is 10.5 Å². The average molecular weight is 368 g/mol. The zero-order valence-corrected chi connectivity index (χ0v) is 14.3. The van der Waals surface area contributed by atoms with Gasteiger partial charge in [-0.2, -0.15) is 0 Å². The van der Waals surface area contributed by atoms with Crippen LogP contribution in [0.4, 0.5) is 5.69 Å². The van der Waals surface area contributed by atoms with Gasteiger partial charge in [0.15, 0.2) is 5.78 Å². The molecule has 0 spiro atoms. The summed E-state index contributed by atoms with van der Waals surface area (Å²) in [6, 6.07) is 22.7. The van der Waals surface area contributed by atoms with E-state index in [1.54, 1.807) is 72.8 Å². The minimum atomic E-state index is -2.08. The van der Waals surface area contributed by atoms with Crippen molar-refractivity contribution in [2.75, 3.05) is 0 Å². The van der Waals surface area contributed by atoms with Crippen molar-refractivity contribution in [3.63, 3.8) is 0 Å². The third-order valence-corrected chi connectivity index (χ3v) is 3.97. The number of rotatable bonds is 4. The second kappa shape index (κ2) is 9.36. The van der Waals surface area contributed by atoms with Crippen LogP contribution in [0.15, 0.2) is 89.8 Å². The van der Waals surface area contributed by atoms with Crippen LogP contribution in [-0.2, 0) is 11.1 Å². The molecule has 0 aliphatic carbocycles. The highest BCUT2D eigenvalue weighted by molar-refractivity contribution is 7.79. The summed E-state index contributed by atoms with van der Waals surface area (Å²) in [4.78, 5) is 22.7. The summed E-state index contributed by atoms with van der Waals surface area (Å²) < 4.78 is 20.4. The standard InChI is InChI=1S/C13H9NO3.C6H6O2S/c15-13(10-6-2-1-3-7-10)11-8-4-5-9-12(11)14(16)17;7-9(8)6-4-2-1-3-5-6/h1-9H;1-5H,(H,7,8)/p-1. The lowest BCUT2D eigenvalue weighted by molar-refractivity contribution is -0.385. The van der Waals surface area contributed by atoms with Gasteiger partial charge in [-0.15, -0.1) is 0 Å². The molecule has 0 fully saturated rings. The average Bonchev–Trinajstić information content (AvgIpc) is 2.69. The molecule has 1 unspecified atom stereocenters. The van der Waals surface area contributed by atoms with E-state index in [1.165, 1.54) is 12.1 Å². The van der Waals surface area contributed by atoms with Crippen LogP contribution >= 0.6 is 0 Å². The van der Waals surface area contributed by atoms with Gasteiger partial charge in [0.25, 0.3) is 5.69 Å². The number of carbonyl (C=O) groups excluding carboxylic acids is 1. The van der Waals surface area contributed by atoms with Crippen LogP contribution in [0.5, 0.6) is 0 Å². The fourth-order valence-electron chi connectivity index (χ4n) is 2.10. The van der Waals surface area contributed by atoms with Crippen molar-refractivity contribution >= 4 is 22.6 Å². The van der Waals surface area contributed by atoms with Crippen LogP contribution in [0.25, 0.3) is 0 Å². The fraction of sp³-hybridized carbons (Fsp3) is 0. The van der Waals surface area contributed by atoms with Crippen molar-refractivity contribution in [2.45, 2.75) is 4.90 Å². The number of ketones is 1. The molecule has 0 radical (unpaired) electrons. The van der Waals surface area contributed by atoms with E-state index in [1.807, 2.05) is 0 Å². The van der Waals surface area contributed by atoms with E-state index < -0.39 is 16.0 Å². The summed E-state index contributed by atoms with van der Waals surface area (Å²) in [7, 11) is 0. The Bertz CT molecular complexity index is 913. The maximum atomic E-state index is 12.1. The third kappa shape index (κ3) is 5.17. The molecule has 0 saturated heterocycles. The Morgan fingerprint density at radius 2 is 1.31 bits per heavy atom. The number of hydrogen-bond acceptors (Lipinski definition) is 5. The van der Waals surface area contributed by atoms with E-state index in [-0.39, 0.29) is 17.0 Å². The summed E-state index contributed by atoms with van der Waals surface area (Å²) >= 11 is -2.08. The number of nitro groups is 1. The topological polar surface area (TPSA) is 100 Å². The van der Waals surface area contributed by atoms with Gasteiger partial charge < -0.3 is 4.55 Å². The highest BCUT2D eigenvalue weighted by Crippen LogP contribution is 2.20. The molecule has 26 heavy (non-hydrogen) atoms. The lowest BCUT2D eigenvalue weighted by Crippen LogP contribution is -2.04. The second-order valence-electron chi connectivity index (χ2n) is 5.02. The summed E-state index contributed by atoms with van der Waals surface area (Å²) in [5.74, 6) is -0.335. The van der Waals surface area contributed by atoms with Gasteiger partial charge in [0.05, 0.1) is 4.92 Å². The molecule has 3 aromatic carbocycles. The number of para-hydroxylation sites is 1. The molecular weight excluding hydrogens is 354 g/mol. The van der Waals surface area contributed by atoms with E-state index in [2.05, 4.69) is 0 Å². The van der Waals surface area contributed by atoms with Gasteiger partial charge in [-0.25, -0.2) is 0 Å². The van der Waals surface area contributed by atoms with Crippen LogP contribution in [-0.4, -0.2) is 19.5 Å². The smallest absolute Gasteiger partial charge is 0.280 e. The molecule has 132 valence electrons. The van der Waals surface area contributed by atoms with Gasteiger partial charge in [0.2, 0.25) is 0 Å². The van der Waals surface area contributed by atoms with Crippen molar-refractivity contribution < 1.29 is 18.5 Å². The first-order valence-electron chi connectivity index (χ1n) is 7.48.